The second kappa shape index (κ2) is 6.60. The van der Waals surface area contributed by atoms with E-state index in [0.717, 1.165) is 23.5 Å². The zero-order chi connectivity index (χ0) is 18.0. The number of rotatable bonds is 3. The van der Waals surface area contributed by atoms with Gasteiger partial charge in [-0.1, -0.05) is 11.3 Å². The maximum atomic E-state index is 12.7. The van der Waals surface area contributed by atoms with E-state index in [1.807, 2.05) is 0 Å². The molecule has 0 fully saturated rings. The number of hydrogen-bond acceptors (Lipinski definition) is 4. The third kappa shape index (κ3) is 4.00. The second-order valence-electron chi connectivity index (χ2n) is 5.01. The van der Waals surface area contributed by atoms with Crippen LogP contribution in [0.1, 0.15) is 5.56 Å². The molecule has 1 heterocycles. The van der Waals surface area contributed by atoms with Crippen LogP contribution < -0.4 is 15.4 Å². The number of ether oxygens (including phenoxy) is 1. The van der Waals surface area contributed by atoms with Crippen molar-refractivity contribution in [3.63, 3.8) is 0 Å². The van der Waals surface area contributed by atoms with E-state index in [-0.39, 0.29) is 5.13 Å². The molecule has 0 saturated carbocycles. The van der Waals surface area contributed by atoms with Crippen LogP contribution in [-0.4, -0.2) is 18.1 Å². The standard InChI is InChI=1S/C16H12F3N3O2S/c1-24-11-5-3-10(4-6-11)20-14(23)22-15-21-12-7-2-9(16(17,18)19)8-13(12)25-15/h2-8H,1H3,(H2,20,21,22,23). The number of anilines is 2. The van der Waals surface area contributed by atoms with Gasteiger partial charge in [0.05, 0.1) is 22.9 Å². The molecule has 0 aliphatic rings. The van der Waals surface area contributed by atoms with Crippen molar-refractivity contribution < 1.29 is 22.7 Å². The summed E-state index contributed by atoms with van der Waals surface area (Å²) in [7, 11) is 1.53. The number of benzene rings is 2. The minimum atomic E-state index is -4.42. The van der Waals surface area contributed by atoms with E-state index in [1.54, 1.807) is 24.3 Å². The molecule has 0 spiro atoms. The topological polar surface area (TPSA) is 63.2 Å². The normalized spacial score (nSPS) is 11.4. The molecule has 0 radical (unpaired) electrons. The van der Waals surface area contributed by atoms with Gasteiger partial charge in [-0.05, 0) is 42.5 Å². The molecule has 5 nitrogen and oxygen atoms in total. The van der Waals surface area contributed by atoms with Crippen LogP contribution in [0.5, 0.6) is 5.75 Å². The molecule has 2 amide bonds. The molecule has 25 heavy (non-hydrogen) atoms. The van der Waals surface area contributed by atoms with E-state index in [0.29, 0.717) is 21.7 Å². The molecule has 2 aromatic carbocycles. The number of amides is 2. The number of halogens is 3. The van der Waals surface area contributed by atoms with Gasteiger partial charge in [0.2, 0.25) is 0 Å². The number of nitrogens with one attached hydrogen (secondary N) is 2. The lowest BCUT2D eigenvalue weighted by Crippen LogP contribution is -2.19. The molecule has 130 valence electrons. The number of carbonyl (C=O) groups is 1. The van der Waals surface area contributed by atoms with Gasteiger partial charge in [0.25, 0.3) is 0 Å². The SMILES string of the molecule is COc1ccc(NC(=O)Nc2nc3ccc(C(F)(F)F)cc3s2)cc1. The Morgan fingerprint density at radius 3 is 2.48 bits per heavy atom. The van der Waals surface area contributed by atoms with Gasteiger partial charge < -0.3 is 10.1 Å². The highest BCUT2D eigenvalue weighted by atomic mass is 32.1. The predicted molar refractivity (Wildman–Crippen MR) is 90.3 cm³/mol. The fraction of sp³-hybridized carbons (Fsp3) is 0.125. The fourth-order valence-corrected chi connectivity index (χ4v) is 2.99. The molecule has 0 bridgehead atoms. The summed E-state index contributed by atoms with van der Waals surface area (Å²) in [5.74, 6) is 0.651. The van der Waals surface area contributed by atoms with Gasteiger partial charge in [0.1, 0.15) is 5.75 Å². The van der Waals surface area contributed by atoms with E-state index in [2.05, 4.69) is 15.6 Å². The predicted octanol–water partition coefficient (Wildman–Crippen LogP) is 4.97. The monoisotopic (exact) mass is 367 g/mol. The average Bonchev–Trinajstić information content (AvgIpc) is 2.95. The Kier molecular flexibility index (Phi) is 4.49. The van der Waals surface area contributed by atoms with Crippen molar-refractivity contribution in [2.24, 2.45) is 0 Å². The van der Waals surface area contributed by atoms with E-state index < -0.39 is 17.8 Å². The number of hydrogen-bond donors (Lipinski definition) is 2. The van der Waals surface area contributed by atoms with Crippen molar-refractivity contribution in [1.82, 2.24) is 4.98 Å². The Bertz CT molecular complexity index is 907. The Hall–Kier alpha value is -2.81. The third-order valence-corrected chi connectivity index (χ3v) is 4.22. The van der Waals surface area contributed by atoms with Crippen LogP contribution in [0.4, 0.5) is 28.8 Å². The molecule has 0 saturated heterocycles. The van der Waals surface area contributed by atoms with Crippen LogP contribution in [-0.2, 0) is 6.18 Å². The minimum Gasteiger partial charge on any atom is -0.497 e. The largest absolute Gasteiger partial charge is 0.497 e. The molecule has 2 N–H and O–H groups in total. The highest BCUT2D eigenvalue weighted by Crippen LogP contribution is 2.34. The summed E-state index contributed by atoms with van der Waals surface area (Å²) in [4.78, 5) is 16.1. The van der Waals surface area contributed by atoms with Crippen LogP contribution in [0.25, 0.3) is 10.2 Å². The molecule has 0 atom stereocenters. The van der Waals surface area contributed by atoms with E-state index in [1.165, 1.54) is 13.2 Å². The van der Waals surface area contributed by atoms with Crippen LogP contribution in [0.2, 0.25) is 0 Å². The van der Waals surface area contributed by atoms with Gasteiger partial charge in [-0.25, -0.2) is 9.78 Å². The first-order valence-corrected chi connectivity index (χ1v) is 7.86. The van der Waals surface area contributed by atoms with Gasteiger partial charge >= 0.3 is 12.2 Å². The molecular weight excluding hydrogens is 355 g/mol. The molecule has 9 heteroatoms. The Morgan fingerprint density at radius 2 is 1.84 bits per heavy atom. The first-order chi connectivity index (χ1) is 11.8. The number of urea groups is 1. The first-order valence-electron chi connectivity index (χ1n) is 7.05. The average molecular weight is 367 g/mol. The van der Waals surface area contributed by atoms with Crippen molar-refractivity contribution in [1.29, 1.82) is 0 Å². The first kappa shape index (κ1) is 17.0. The van der Waals surface area contributed by atoms with Crippen molar-refractivity contribution in [3.05, 3.63) is 48.0 Å². The fourth-order valence-electron chi connectivity index (χ4n) is 2.09. The van der Waals surface area contributed by atoms with E-state index >= 15 is 0 Å². The van der Waals surface area contributed by atoms with Gasteiger partial charge in [0.15, 0.2) is 5.13 Å². The molecule has 0 aliphatic heterocycles. The van der Waals surface area contributed by atoms with Gasteiger partial charge in [-0.3, -0.25) is 5.32 Å². The summed E-state index contributed by atoms with van der Waals surface area (Å²) < 4.78 is 43.5. The maximum Gasteiger partial charge on any atom is 0.416 e. The Morgan fingerprint density at radius 1 is 1.12 bits per heavy atom. The summed E-state index contributed by atoms with van der Waals surface area (Å²) >= 11 is 0.969. The smallest absolute Gasteiger partial charge is 0.416 e. The highest BCUT2D eigenvalue weighted by Gasteiger charge is 2.30. The lowest BCUT2D eigenvalue weighted by Gasteiger charge is -2.06. The lowest BCUT2D eigenvalue weighted by molar-refractivity contribution is -0.137. The molecule has 0 aliphatic carbocycles. The van der Waals surface area contributed by atoms with Crippen molar-refractivity contribution in [3.8, 4) is 5.75 Å². The molecular formula is C16H12F3N3O2S. The zero-order valence-electron chi connectivity index (χ0n) is 12.8. The number of carbonyl (C=O) groups excluding carboxylic acids is 1. The summed E-state index contributed by atoms with van der Waals surface area (Å²) in [6.07, 6.45) is -4.42. The zero-order valence-corrected chi connectivity index (χ0v) is 13.7. The summed E-state index contributed by atoms with van der Waals surface area (Å²) in [5.41, 5.74) is 0.175. The Balaban J connectivity index is 1.72. The van der Waals surface area contributed by atoms with Gasteiger partial charge in [-0.15, -0.1) is 0 Å². The van der Waals surface area contributed by atoms with E-state index in [9.17, 15) is 18.0 Å². The lowest BCUT2D eigenvalue weighted by atomic mass is 10.2. The van der Waals surface area contributed by atoms with Crippen LogP contribution in [0.3, 0.4) is 0 Å². The quantitative estimate of drug-likeness (QED) is 0.687. The second-order valence-corrected chi connectivity index (χ2v) is 6.04. The molecule has 1 aromatic heterocycles. The number of methoxy groups -OCH3 is 1. The van der Waals surface area contributed by atoms with Gasteiger partial charge in [0, 0.05) is 5.69 Å². The third-order valence-electron chi connectivity index (χ3n) is 3.28. The van der Waals surface area contributed by atoms with E-state index in [4.69, 9.17) is 4.74 Å². The van der Waals surface area contributed by atoms with Crippen LogP contribution in [0.15, 0.2) is 42.5 Å². The number of thiazole rings is 1. The minimum absolute atomic E-state index is 0.209. The van der Waals surface area contributed by atoms with Crippen molar-refractivity contribution >= 4 is 38.4 Å². The molecule has 0 unspecified atom stereocenters. The number of alkyl halides is 3. The Labute approximate surface area is 144 Å². The molecule has 3 aromatic rings. The highest BCUT2D eigenvalue weighted by molar-refractivity contribution is 7.22. The van der Waals surface area contributed by atoms with Gasteiger partial charge in [-0.2, -0.15) is 13.2 Å². The summed E-state index contributed by atoms with van der Waals surface area (Å²) in [6.45, 7) is 0. The van der Waals surface area contributed by atoms with Crippen molar-refractivity contribution in [2.75, 3.05) is 17.7 Å². The number of aromatic nitrogens is 1. The maximum absolute atomic E-state index is 12.7. The summed E-state index contributed by atoms with van der Waals surface area (Å²) in [5, 5.41) is 5.32. The molecule has 3 rings (SSSR count). The van der Waals surface area contributed by atoms with Crippen molar-refractivity contribution in [2.45, 2.75) is 6.18 Å². The summed E-state index contributed by atoms with van der Waals surface area (Å²) in [6, 6.07) is 9.40. The number of fused-ring (bicyclic) bond motifs is 1. The van der Waals surface area contributed by atoms with Crippen LogP contribution >= 0.6 is 11.3 Å². The number of nitrogens with zero attached hydrogens (tertiary/aromatic N) is 1. The van der Waals surface area contributed by atoms with Crippen LogP contribution in [0, 0.1) is 0 Å².